The van der Waals surface area contributed by atoms with Gasteiger partial charge in [-0.25, -0.2) is 8.42 Å². The first-order valence-electron chi connectivity index (χ1n) is 5.90. The highest BCUT2D eigenvalue weighted by Gasteiger charge is 2.17. The number of rotatable bonds is 6. The molecule has 1 aromatic heterocycles. The van der Waals surface area contributed by atoms with Crippen LogP contribution in [0.3, 0.4) is 0 Å². The van der Waals surface area contributed by atoms with E-state index in [0.29, 0.717) is 10.2 Å². The summed E-state index contributed by atoms with van der Waals surface area (Å²) in [6.45, 7) is 0.111. The molecule has 0 saturated heterocycles. The van der Waals surface area contributed by atoms with Crippen LogP contribution in [0.2, 0.25) is 0 Å². The Balaban J connectivity index is 2.17. The van der Waals surface area contributed by atoms with Crippen molar-refractivity contribution in [2.24, 2.45) is 0 Å². The number of carbonyl (C=O) groups is 1. The largest absolute Gasteiger partial charge is 0.481 e. The molecule has 0 aliphatic rings. The summed E-state index contributed by atoms with van der Waals surface area (Å²) in [7, 11) is -3.76. The number of benzene rings is 1. The van der Waals surface area contributed by atoms with Crippen molar-refractivity contribution in [3.8, 4) is 0 Å². The van der Waals surface area contributed by atoms with Crippen LogP contribution in [0.25, 0.3) is 0 Å². The van der Waals surface area contributed by atoms with Gasteiger partial charge >= 0.3 is 5.97 Å². The molecule has 0 saturated carbocycles. The molecule has 0 amide bonds. The summed E-state index contributed by atoms with van der Waals surface area (Å²) in [4.78, 5) is 10.5. The molecule has 1 aromatic carbocycles. The molecule has 1 heterocycles. The summed E-state index contributed by atoms with van der Waals surface area (Å²) >= 11 is 3.25. The summed E-state index contributed by atoms with van der Waals surface area (Å²) in [6.07, 6.45) is 2.35. The molecule has 0 aliphatic carbocycles. The van der Waals surface area contributed by atoms with Crippen LogP contribution >= 0.6 is 15.9 Å². The molecule has 0 atom stereocenters. The van der Waals surface area contributed by atoms with Crippen LogP contribution in [0, 0.1) is 0 Å². The number of nitrogens with zero attached hydrogens (tertiary/aromatic N) is 2. The fourth-order valence-electron chi connectivity index (χ4n) is 1.56. The highest BCUT2D eigenvalue weighted by molar-refractivity contribution is 9.10. The standard InChI is InChI=1S/C12H12BrN3O4S/c13-10-3-1-2-4-11(10)15-21(19,20)9-7-14-16(8-9)6-5-12(17)18/h1-4,7-8,15H,5-6H2,(H,17,18). The minimum absolute atomic E-state index is 0.0244. The van der Waals surface area contributed by atoms with Crippen molar-refractivity contribution in [1.29, 1.82) is 0 Å². The molecule has 7 nitrogen and oxygen atoms in total. The lowest BCUT2D eigenvalue weighted by Gasteiger charge is -2.07. The summed E-state index contributed by atoms with van der Waals surface area (Å²) < 4.78 is 28.7. The van der Waals surface area contributed by atoms with Gasteiger partial charge in [0.1, 0.15) is 4.90 Å². The Morgan fingerprint density at radius 1 is 1.38 bits per heavy atom. The quantitative estimate of drug-likeness (QED) is 0.805. The van der Waals surface area contributed by atoms with E-state index in [9.17, 15) is 13.2 Å². The number of para-hydroxylation sites is 1. The molecule has 0 fully saturated rings. The van der Waals surface area contributed by atoms with E-state index in [4.69, 9.17) is 5.11 Å². The number of anilines is 1. The molecular formula is C12H12BrN3O4S. The number of hydrogen-bond donors (Lipinski definition) is 2. The maximum Gasteiger partial charge on any atom is 0.305 e. The summed E-state index contributed by atoms with van der Waals surface area (Å²) in [5.41, 5.74) is 0.413. The van der Waals surface area contributed by atoms with E-state index in [1.165, 1.54) is 17.1 Å². The van der Waals surface area contributed by atoms with Gasteiger partial charge in [-0.05, 0) is 28.1 Å². The van der Waals surface area contributed by atoms with Gasteiger partial charge in [0.2, 0.25) is 0 Å². The van der Waals surface area contributed by atoms with E-state index in [1.54, 1.807) is 24.3 Å². The average Bonchev–Trinajstić information content (AvgIpc) is 2.88. The molecule has 2 rings (SSSR count). The van der Waals surface area contributed by atoms with Crippen molar-refractivity contribution in [2.45, 2.75) is 17.9 Å². The topological polar surface area (TPSA) is 101 Å². The fraction of sp³-hybridized carbons (Fsp3) is 0.167. The summed E-state index contributed by atoms with van der Waals surface area (Å²) in [6, 6.07) is 6.81. The Morgan fingerprint density at radius 3 is 2.76 bits per heavy atom. The third kappa shape index (κ3) is 4.05. The number of aromatic nitrogens is 2. The van der Waals surface area contributed by atoms with E-state index >= 15 is 0 Å². The molecule has 0 spiro atoms. The third-order valence-corrected chi connectivity index (χ3v) is 4.60. The number of nitrogens with one attached hydrogen (secondary N) is 1. The molecule has 0 bridgehead atoms. The van der Waals surface area contributed by atoms with Gasteiger partial charge in [0, 0.05) is 10.7 Å². The van der Waals surface area contributed by atoms with E-state index in [0.717, 1.165) is 0 Å². The zero-order chi connectivity index (χ0) is 15.5. The molecule has 0 aliphatic heterocycles. The zero-order valence-corrected chi connectivity index (χ0v) is 13.1. The normalized spacial score (nSPS) is 11.3. The Labute approximate surface area is 129 Å². The molecule has 2 aromatic rings. The average molecular weight is 374 g/mol. The number of sulfonamides is 1. The second-order valence-electron chi connectivity index (χ2n) is 4.17. The number of halogens is 1. The van der Waals surface area contributed by atoms with Crippen LogP contribution in [0.5, 0.6) is 0 Å². The lowest BCUT2D eigenvalue weighted by atomic mass is 10.3. The van der Waals surface area contributed by atoms with Gasteiger partial charge in [-0.3, -0.25) is 14.2 Å². The van der Waals surface area contributed by atoms with Gasteiger partial charge in [0.05, 0.1) is 24.8 Å². The highest BCUT2D eigenvalue weighted by Crippen LogP contribution is 2.24. The van der Waals surface area contributed by atoms with Crippen LogP contribution in [0.15, 0.2) is 46.0 Å². The minimum atomic E-state index is -3.76. The van der Waals surface area contributed by atoms with E-state index in [-0.39, 0.29) is 17.9 Å². The van der Waals surface area contributed by atoms with Crippen LogP contribution in [0.4, 0.5) is 5.69 Å². The first kappa shape index (κ1) is 15.5. The number of hydrogen-bond acceptors (Lipinski definition) is 4. The van der Waals surface area contributed by atoms with E-state index in [1.807, 2.05) is 0 Å². The number of carboxylic acid groups (broad SMARTS) is 1. The van der Waals surface area contributed by atoms with Gasteiger partial charge < -0.3 is 5.11 Å². The third-order valence-electron chi connectivity index (χ3n) is 2.59. The number of aryl methyl sites for hydroxylation is 1. The van der Waals surface area contributed by atoms with Crippen molar-refractivity contribution >= 4 is 37.6 Å². The zero-order valence-electron chi connectivity index (χ0n) is 10.7. The van der Waals surface area contributed by atoms with Gasteiger partial charge in [-0.15, -0.1) is 0 Å². The Hall–Kier alpha value is -1.87. The van der Waals surface area contributed by atoms with E-state index in [2.05, 4.69) is 25.8 Å². The lowest BCUT2D eigenvalue weighted by Crippen LogP contribution is -2.12. The number of aliphatic carboxylic acids is 1. The van der Waals surface area contributed by atoms with Crippen LogP contribution < -0.4 is 4.72 Å². The Kier molecular flexibility index (Phi) is 4.63. The predicted octanol–water partition coefficient (Wildman–Crippen LogP) is 1.92. The maximum absolute atomic E-state index is 12.2. The van der Waals surface area contributed by atoms with Crippen molar-refractivity contribution in [3.05, 3.63) is 41.1 Å². The van der Waals surface area contributed by atoms with Crippen molar-refractivity contribution < 1.29 is 18.3 Å². The predicted molar refractivity (Wildman–Crippen MR) is 79.4 cm³/mol. The molecular weight excluding hydrogens is 362 g/mol. The van der Waals surface area contributed by atoms with Gasteiger partial charge in [-0.1, -0.05) is 12.1 Å². The first-order chi connectivity index (χ1) is 9.88. The summed E-state index contributed by atoms with van der Waals surface area (Å²) in [5.74, 6) is -0.971. The van der Waals surface area contributed by atoms with Gasteiger partial charge in [0.15, 0.2) is 0 Å². The molecule has 21 heavy (non-hydrogen) atoms. The Morgan fingerprint density at radius 2 is 2.10 bits per heavy atom. The second-order valence-corrected chi connectivity index (χ2v) is 6.70. The van der Waals surface area contributed by atoms with Crippen LogP contribution in [-0.2, 0) is 21.4 Å². The maximum atomic E-state index is 12.2. The molecule has 112 valence electrons. The lowest BCUT2D eigenvalue weighted by molar-refractivity contribution is -0.137. The van der Waals surface area contributed by atoms with E-state index < -0.39 is 16.0 Å². The summed E-state index contributed by atoms with van der Waals surface area (Å²) in [5, 5.41) is 12.4. The first-order valence-corrected chi connectivity index (χ1v) is 8.18. The second kappa shape index (κ2) is 6.27. The van der Waals surface area contributed by atoms with Gasteiger partial charge in [0.25, 0.3) is 10.0 Å². The fourth-order valence-corrected chi connectivity index (χ4v) is 3.11. The monoisotopic (exact) mass is 373 g/mol. The van der Waals surface area contributed by atoms with Crippen LogP contribution in [-0.4, -0.2) is 29.3 Å². The van der Waals surface area contributed by atoms with Crippen LogP contribution in [0.1, 0.15) is 6.42 Å². The molecule has 0 radical (unpaired) electrons. The molecule has 2 N–H and O–H groups in total. The Bertz CT molecular complexity index is 757. The number of carboxylic acids is 1. The van der Waals surface area contributed by atoms with Gasteiger partial charge in [-0.2, -0.15) is 5.10 Å². The minimum Gasteiger partial charge on any atom is -0.481 e. The smallest absolute Gasteiger partial charge is 0.305 e. The van der Waals surface area contributed by atoms with Crippen molar-refractivity contribution in [3.63, 3.8) is 0 Å². The molecule has 0 unspecified atom stereocenters. The van der Waals surface area contributed by atoms with Crippen molar-refractivity contribution in [2.75, 3.05) is 4.72 Å². The highest BCUT2D eigenvalue weighted by atomic mass is 79.9. The molecule has 9 heteroatoms. The van der Waals surface area contributed by atoms with Crippen molar-refractivity contribution in [1.82, 2.24) is 9.78 Å². The SMILES string of the molecule is O=C(O)CCn1cc(S(=O)(=O)Nc2ccccc2Br)cn1.